The van der Waals surface area contributed by atoms with Crippen molar-refractivity contribution in [2.75, 3.05) is 13.1 Å². The molecule has 2 heteroatoms. The van der Waals surface area contributed by atoms with E-state index in [-0.39, 0.29) is 0 Å². The van der Waals surface area contributed by atoms with Gasteiger partial charge in [-0.3, -0.25) is 0 Å². The molecular weight excluding hydrogens is 278 g/mol. The molecule has 0 saturated carbocycles. The third-order valence-corrected chi connectivity index (χ3v) is 4.33. The minimum absolute atomic E-state index is 0.629. The van der Waals surface area contributed by atoms with Crippen LogP contribution in [0.3, 0.4) is 0 Å². The van der Waals surface area contributed by atoms with E-state index in [4.69, 9.17) is 11.6 Å². The molecule has 1 fully saturated rings. The van der Waals surface area contributed by atoms with E-state index in [9.17, 15) is 0 Å². The topological polar surface area (TPSA) is 12.0 Å². The molecule has 0 amide bonds. The Labute approximate surface area is 131 Å². The standard InChI is InChI=1S/C19H20ClN/c20-18-8-6-15(7-9-18)14-19(16-4-2-1-3-5-16)17-10-12-21-13-11-17/h1-9,14,17,21H,10-13H2/b19-14+. The minimum Gasteiger partial charge on any atom is -0.317 e. The number of allylic oxidation sites excluding steroid dienone is 1. The maximum Gasteiger partial charge on any atom is 0.0406 e. The lowest BCUT2D eigenvalue weighted by molar-refractivity contribution is 0.447. The Kier molecular flexibility index (Phi) is 4.74. The van der Waals surface area contributed by atoms with E-state index in [0.29, 0.717) is 5.92 Å². The lowest BCUT2D eigenvalue weighted by atomic mass is 9.84. The van der Waals surface area contributed by atoms with Gasteiger partial charge < -0.3 is 5.32 Å². The Morgan fingerprint density at radius 1 is 0.952 bits per heavy atom. The maximum atomic E-state index is 5.98. The van der Waals surface area contributed by atoms with Crippen molar-refractivity contribution in [1.82, 2.24) is 5.32 Å². The van der Waals surface area contributed by atoms with Gasteiger partial charge in [0.05, 0.1) is 0 Å². The first kappa shape index (κ1) is 14.4. The van der Waals surface area contributed by atoms with Crippen LogP contribution in [0.1, 0.15) is 24.0 Å². The summed E-state index contributed by atoms with van der Waals surface area (Å²) in [6.07, 6.45) is 4.73. The molecule has 2 aromatic carbocycles. The molecule has 0 radical (unpaired) electrons. The summed E-state index contributed by atoms with van der Waals surface area (Å²) in [5, 5.41) is 4.24. The largest absolute Gasteiger partial charge is 0.317 e. The van der Waals surface area contributed by atoms with Crippen LogP contribution in [0.5, 0.6) is 0 Å². The van der Waals surface area contributed by atoms with Crippen LogP contribution in [0.4, 0.5) is 0 Å². The maximum absolute atomic E-state index is 5.98. The van der Waals surface area contributed by atoms with Gasteiger partial charge >= 0.3 is 0 Å². The Hall–Kier alpha value is -1.57. The van der Waals surface area contributed by atoms with Gasteiger partial charge in [0, 0.05) is 5.02 Å². The summed E-state index contributed by atoms with van der Waals surface area (Å²) < 4.78 is 0. The quantitative estimate of drug-likeness (QED) is 0.796. The molecule has 0 unspecified atom stereocenters. The van der Waals surface area contributed by atoms with Gasteiger partial charge in [-0.2, -0.15) is 0 Å². The monoisotopic (exact) mass is 297 g/mol. The van der Waals surface area contributed by atoms with Gasteiger partial charge in [0.25, 0.3) is 0 Å². The van der Waals surface area contributed by atoms with E-state index in [2.05, 4.69) is 53.9 Å². The molecule has 0 aliphatic carbocycles. The second kappa shape index (κ2) is 6.93. The zero-order valence-corrected chi connectivity index (χ0v) is 12.8. The predicted octanol–water partition coefficient (Wildman–Crippen LogP) is 4.88. The Bertz CT molecular complexity index is 595. The van der Waals surface area contributed by atoms with Crippen LogP contribution in [-0.4, -0.2) is 13.1 Å². The van der Waals surface area contributed by atoms with Crippen LogP contribution < -0.4 is 5.32 Å². The molecule has 1 N–H and O–H groups in total. The molecule has 1 aliphatic rings. The number of benzene rings is 2. The number of piperidine rings is 1. The molecule has 3 rings (SSSR count). The first-order valence-electron chi connectivity index (χ1n) is 7.56. The van der Waals surface area contributed by atoms with Crippen molar-refractivity contribution >= 4 is 23.3 Å². The fourth-order valence-electron chi connectivity index (χ4n) is 2.94. The summed E-state index contributed by atoms with van der Waals surface area (Å²) in [4.78, 5) is 0. The molecule has 2 aromatic rings. The summed E-state index contributed by atoms with van der Waals surface area (Å²) in [6.45, 7) is 2.21. The van der Waals surface area contributed by atoms with Crippen LogP contribution >= 0.6 is 11.6 Å². The number of halogens is 1. The Morgan fingerprint density at radius 2 is 1.62 bits per heavy atom. The number of rotatable bonds is 3. The Morgan fingerprint density at radius 3 is 2.29 bits per heavy atom. The number of nitrogens with one attached hydrogen (secondary N) is 1. The third-order valence-electron chi connectivity index (χ3n) is 4.08. The van der Waals surface area contributed by atoms with E-state index < -0.39 is 0 Å². The van der Waals surface area contributed by atoms with Crippen molar-refractivity contribution in [3.63, 3.8) is 0 Å². The average molecular weight is 298 g/mol. The first-order valence-corrected chi connectivity index (χ1v) is 7.94. The van der Waals surface area contributed by atoms with Crippen molar-refractivity contribution < 1.29 is 0 Å². The lowest BCUT2D eigenvalue weighted by Gasteiger charge is -2.26. The smallest absolute Gasteiger partial charge is 0.0406 e. The fraction of sp³-hybridized carbons (Fsp3) is 0.263. The van der Waals surface area contributed by atoms with E-state index in [1.54, 1.807) is 0 Å². The van der Waals surface area contributed by atoms with Gasteiger partial charge in [-0.25, -0.2) is 0 Å². The highest BCUT2D eigenvalue weighted by Gasteiger charge is 2.18. The van der Waals surface area contributed by atoms with E-state index in [0.717, 1.165) is 18.1 Å². The van der Waals surface area contributed by atoms with Crippen LogP contribution in [-0.2, 0) is 0 Å². The molecule has 21 heavy (non-hydrogen) atoms. The molecule has 0 aromatic heterocycles. The fourth-order valence-corrected chi connectivity index (χ4v) is 3.06. The highest BCUT2D eigenvalue weighted by Crippen LogP contribution is 2.32. The number of hydrogen-bond acceptors (Lipinski definition) is 1. The first-order chi connectivity index (χ1) is 10.3. The van der Waals surface area contributed by atoms with Crippen molar-refractivity contribution in [3.05, 3.63) is 70.7 Å². The van der Waals surface area contributed by atoms with E-state index in [1.165, 1.54) is 29.5 Å². The number of hydrogen-bond donors (Lipinski definition) is 1. The molecule has 1 aliphatic heterocycles. The molecule has 108 valence electrons. The summed E-state index contributed by atoms with van der Waals surface area (Å²) in [5.41, 5.74) is 4.00. The summed E-state index contributed by atoms with van der Waals surface area (Å²) in [7, 11) is 0. The molecule has 0 atom stereocenters. The third kappa shape index (κ3) is 3.75. The van der Waals surface area contributed by atoms with E-state index >= 15 is 0 Å². The molecule has 1 heterocycles. The van der Waals surface area contributed by atoms with E-state index in [1.807, 2.05) is 12.1 Å². The second-order valence-electron chi connectivity index (χ2n) is 5.54. The second-order valence-corrected chi connectivity index (χ2v) is 5.98. The van der Waals surface area contributed by atoms with Gasteiger partial charge in [-0.15, -0.1) is 0 Å². The van der Waals surface area contributed by atoms with Crippen LogP contribution in [0.25, 0.3) is 11.6 Å². The van der Waals surface area contributed by atoms with Gasteiger partial charge in [0.2, 0.25) is 0 Å². The van der Waals surface area contributed by atoms with Gasteiger partial charge in [-0.1, -0.05) is 60.1 Å². The lowest BCUT2D eigenvalue weighted by Crippen LogP contribution is -2.28. The molecule has 0 spiro atoms. The Balaban J connectivity index is 1.96. The van der Waals surface area contributed by atoms with Crippen LogP contribution in [0.15, 0.2) is 54.6 Å². The highest BCUT2D eigenvalue weighted by molar-refractivity contribution is 6.30. The molecular formula is C19H20ClN. The van der Waals surface area contributed by atoms with Gasteiger partial charge in [0.1, 0.15) is 0 Å². The zero-order chi connectivity index (χ0) is 14.5. The highest BCUT2D eigenvalue weighted by atomic mass is 35.5. The SMILES string of the molecule is Clc1ccc(/C=C(\c2ccccc2)C2CCNCC2)cc1. The van der Waals surface area contributed by atoms with Crippen molar-refractivity contribution in [1.29, 1.82) is 0 Å². The summed E-state index contributed by atoms with van der Waals surface area (Å²) in [6, 6.07) is 18.8. The minimum atomic E-state index is 0.629. The molecule has 1 nitrogen and oxygen atoms in total. The molecule has 1 saturated heterocycles. The normalized spacial score (nSPS) is 16.9. The average Bonchev–Trinajstić information content (AvgIpc) is 2.56. The van der Waals surface area contributed by atoms with Crippen LogP contribution in [0.2, 0.25) is 5.02 Å². The van der Waals surface area contributed by atoms with Gasteiger partial charge in [0.15, 0.2) is 0 Å². The van der Waals surface area contributed by atoms with Crippen LogP contribution in [0, 0.1) is 5.92 Å². The van der Waals surface area contributed by atoms with Crippen molar-refractivity contribution in [2.24, 2.45) is 5.92 Å². The van der Waals surface area contributed by atoms with Crippen molar-refractivity contribution in [2.45, 2.75) is 12.8 Å². The molecule has 0 bridgehead atoms. The summed E-state index contributed by atoms with van der Waals surface area (Å²) >= 11 is 5.98. The van der Waals surface area contributed by atoms with Crippen molar-refractivity contribution in [3.8, 4) is 0 Å². The zero-order valence-electron chi connectivity index (χ0n) is 12.1. The van der Waals surface area contributed by atoms with Gasteiger partial charge in [-0.05, 0) is 60.7 Å². The predicted molar refractivity (Wildman–Crippen MR) is 91.4 cm³/mol. The summed E-state index contributed by atoms with van der Waals surface area (Å²) in [5.74, 6) is 0.629.